The largest absolute Gasteiger partial charge is 0.472 e. The molecule has 0 aromatic carbocycles. The third-order valence-electron chi connectivity index (χ3n) is 7.25. The van der Waals surface area contributed by atoms with E-state index in [9.17, 15) is 9.46 Å². The Morgan fingerprint density at radius 2 is 1.53 bits per heavy atom. The van der Waals surface area contributed by atoms with Crippen molar-refractivity contribution in [1.29, 1.82) is 0 Å². The van der Waals surface area contributed by atoms with E-state index in [0.717, 1.165) is 30.5 Å². The van der Waals surface area contributed by atoms with Gasteiger partial charge in [-0.1, -0.05) is 90.4 Å². The summed E-state index contributed by atoms with van der Waals surface area (Å²) in [5.74, 6) is 0.418. The molecule has 0 spiro atoms. The van der Waals surface area contributed by atoms with Gasteiger partial charge in [0.15, 0.2) is 5.82 Å². The van der Waals surface area contributed by atoms with E-state index in [1.54, 1.807) is 11.6 Å². The Hall–Kier alpha value is -1.51. The first-order valence-electron chi connectivity index (χ1n) is 14.5. The van der Waals surface area contributed by atoms with Crippen LogP contribution >= 0.6 is 7.82 Å². The molecule has 2 aromatic heterocycles. The summed E-state index contributed by atoms with van der Waals surface area (Å²) >= 11 is 0. The van der Waals surface area contributed by atoms with Gasteiger partial charge >= 0.3 is 7.82 Å². The maximum atomic E-state index is 12.4. The lowest BCUT2D eigenvalue weighted by atomic mass is 10.00. The Labute approximate surface area is 229 Å². The number of anilines is 1. The van der Waals surface area contributed by atoms with Crippen LogP contribution in [-0.4, -0.2) is 45.4 Å². The number of hydrogen-bond donors (Lipinski definition) is 2. The Bertz CT molecular complexity index is 956. The van der Waals surface area contributed by atoms with Crippen molar-refractivity contribution >= 4 is 19.2 Å². The third-order valence-corrected chi connectivity index (χ3v) is 8.21. The van der Waals surface area contributed by atoms with Crippen LogP contribution in [0.2, 0.25) is 0 Å². The van der Waals surface area contributed by atoms with Crippen LogP contribution in [0.25, 0.3) is 5.52 Å². The van der Waals surface area contributed by atoms with Gasteiger partial charge in [0.2, 0.25) is 0 Å². The number of nitrogens with two attached hydrogens (primary N) is 1. The second-order valence-corrected chi connectivity index (χ2v) is 12.0. The fraction of sp³-hybridized carbons (Fsp3) is 0.786. The van der Waals surface area contributed by atoms with Crippen LogP contribution < -0.4 is 5.73 Å². The average Bonchev–Trinajstić information content (AvgIpc) is 3.33. The number of phosphoric ester groups is 1. The van der Waals surface area contributed by atoms with Gasteiger partial charge < -0.3 is 15.4 Å². The molecule has 0 saturated heterocycles. The molecule has 10 heteroatoms. The topological polar surface area (TPSA) is 121 Å². The van der Waals surface area contributed by atoms with Crippen molar-refractivity contribution in [3.05, 3.63) is 24.2 Å². The SMILES string of the molecule is CCCCCCCCCCCCCCCCOP(=O)(O)OC[C@](C)(CCc1ccc2c(N)ncnn12)OC. The number of hydrogen-bond acceptors (Lipinski definition) is 7. The van der Waals surface area contributed by atoms with Gasteiger partial charge in [-0.25, -0.2) is 14.1 Å². The number of unbranched alkanes of at least 4 members (excludes halogenated alkanes) is 13. The number of nitrogens with zero attached hydrogens (tertiary/aromatic N) is 3. The number of fused-ring (bicyclic) bond motifs is 1. The van der Waals surface area contributed by atoms with E-state index in [1.165, 1.54) is 77.0 Å². The van der Waals surface area contributed by atoms with Crippen LogP contribution in [0.3, 0.4) is 0 Å². The average molecular weight is 555 g/mol. The quantitative estimate of drug-likeness (QED) is 0.109. The summed E-state index contributed by atoms with van der Waals surface area (Å²) in [6.45, 7) is 4.26. The van der Waals surface area contributed by atoms with Gasteiger partial charge in [0.1, 0.15) is 11.8 Å². The highest BCUT2D eigenvalue weighted by Crippen LogP contribution is 2.44. The van der Waals surface area contributed by atoms with Crippen LogP contribution in [0.5, 0.6) is 0 Å². The molecule has 0 amide bonds. The Balaban J connectivity index is 1.54. The molecule has 0 bridgehead atoms. The highest BCUT2D eigenvalue weighted by Gasteiger charge is 2.30. The molecule has 0 aliphatic heterocycles. The van der Waals surface area contributed by atoms with Gasteiger partial charge in [-0.2, -0.15) is 5.10 Å². The van der Waals surface area contributed by atoms with E-state index in [0.29, 0.717) is 18.7 Å². The molecule has 0 aliphatic rings. The maximum absolute atomic E-state index is 12.4. The molecule has 2 aromatic rings. The molecular weight excluding hydrogens is 503 g/mol. The van der Waals surface area contributed by atoms with Crippen molar-refractivity contribution < 1.29 is 23.2 Å². The summed E-state index contributed by atoms with van der Waals surface area (Å²) in [6, 6.07) is 3.81. The normalized spacial score (nSPS) is 15.1. The number of ether oxygens (including phenoxy) is 1. The lowest BCUT2D eigenvalue weighted by Crippen LogP contribution is -2.33. The molecule has 0 radical (unpaired) electrons. The second-order valence-electron chi connectivity index (χ2n) is 10.6. The minimum atomic E-state index is -4.14. The predicted molar refractivity (Wildman–Crippen MR) is 153 cm³/mol. The molecule has 38 heavy (non-hydrogen) atoms. The molecule has 2 heterocycles. The molecule has 218 valence electrons. The monoisotopic (exact) mass is 554 g/mol. The number of phosphoric acid groups is 1. The van der Waals surface area contributed by atoms with E-state index in [-0.39, 0.29) is 13.2 Å². The number of methoxy groups -OCH3 is 1. The standard InChI is InChI=1S/C28H51N4O5P/c1-4-5-6-7-8-9-10-11-12-13-14-15-16-17-22-36-38(33,34)37-23-28(2,35-3)21-20-25-18-19-26-27(29)30-24-31-32(25)26/h18-19,24H,4-17,20-23H2,1-3H3,(H,33,34)(H2,29,30,31)/t28-/m0/s1. The minimum absolute atomic E-state index is 0.0591. The first-order valence-corrected chi connectivity index (χ1v) is 16.0. The molecule has 9 nitrogen and oxygen atoms in total. The van der Waals surface area contributed by atoms with Crippen molar-refractivity contribution in [3.8, 4) is 0 Å². The van der Waals surface area contributed by atoms with E-state index >= 15 is 0 Å². The van der Waals surface area contributed by atoms with Gasteiger partial charge in [0.05, 0.1) is 18.8 Å². The first kappa shape index (κ1) is 32.7. The Morgan fingerprint density at radius 3 is 2.11 bits per heavy atom. The van der Waals surface area contributed by atoms with Gasteiger partial charge in [-0.3, -0.25) is 9.05 Å². The summed E-state index contributed by atoms with van der Waals surface area (Å²) in [5.41, 5.74) is 6.82. The van der Waals surface area contributed by atoms with Crippen LogP contribution in [0, 0.1) is 0 Å². The second kappa shape index (κ2) is 18.0. The lowest BCUT2D eigenvalue weighted by Gasteiger charge is -2.28. The Morgan fingerprint density at radius 1 is 0.947 bits per heavy atom. The van der Waals surface area contributed by atoms with Crippen LogP contribution in [0.4, 0.5) is 5.82 Å². The molecule has 2 rings (SSSR count). The van der Waals surface area contributed by atoms with Gasteiger partial charge in [0, 0.05) is 12.8 Å². The highest BCUT2D eigenvalue weighted by atomic mass is 31.2. The summed E-state index contributed by atoms with van der Waals surface area (Å²) < 4.78 is 30.2. The fourth-order valence-corrected chi connectivity index (χ4v) is 5.42. The predicted octanol–water partition coefficient (Wildman–Crippen LogP) is 7.26. The van der Waals surface area contributed by atoms with Gasteiger partial charge in [0.25, 0.3) is 0 Å². The molecule has 0 fully saturated rings. The maximum Gasteiger partial charge on any atom is 0.472 e. The van der Waals surface area contributed by atoms with Crippen LogP contribution in [0.15, 0.2) is 18.5 Å². The van der Waals surface area contributed by atoms with E-state index in [2.05, 4.69) is 17.0 Å². The Kier molecular flexibility index (Phi) is 15.5. The van der Waals surface area contributed by atoms with Crippen molar-refractivity contribution in [2.45, 2.75) is 122 Å². The zero-order valence-electron chi connectivity index (χ0n) is 23.9. The van der Waals surface area contributed by atoms with E-state index in [4.69, 9.17) is 19.5 Å². The molecule has 3 N–H and O–H groups in total. The molecule has 0 saturated carbocycles. The van der Waals surface area contributed by atoms with E-state index in [1.807, 2.05) is 19.1 Å². The highest BCUT2D eigenvalue weighted by molar-refractivity contribution is 7.47. The zero-order chi connectivity index (χ0) is 27.7. The fourth-order valence-electron chi connectivity index (χ4n) is 4.55. The van der Waals surface area contributed by atoms with Crippen LogP contribution in [-0.2, 0) is 24.8 Å². The summed E-state index contributed by atoms with van der Waals surface area (Å²) in [6.07, 6.45) is 20.2. The number of aromatic nitrogens is 3. The summed E-state index contributed by atoms with van der Waals surface area (Å²) in [5, 5.41) is 4.25. The van der Waals surface area contributed by atoms with Gasteiger partial charge in [-0.15, -0.1) is 0 Å². The van der Waals surface area contributed by atoms with E-state index < -0.39 is 13.4 Å². The van der Waals surface area contributed by atoms with Crippen molar-refractivity contribution in [2.75, 3.05) is 26.1 Å². The van der Waals surface area contributed by atoms with Crippen LogP contribution in [0.1, 0.15) is 116 Å². The molecule has 1 unspecified atom stereocenters. The number of nitrogen functional groups attached to an aromatic ring is 1. The third kappa shape index (κ3) is 12.6. The summed E-state index contributed by atoms with van der Waals surface area (Å²) in [7, 11) is -2.57. The smallest absolute Gasteiger partial charge is 0.382 e. The number of aryl methyl sites for hydroxylation is 1. The molecular formula is C28H51N4O5P. The molecule has 2 atom stereocenters. The first-order chi connectivity index (χ1) is 18.3. The van der Waals surface area contributed by atoms with Crippen molar-refractivity contribution in [2.24, 2.45) is 0 Å². The van der Waals surface area contributed by atoms with Crippen molar-refractivity contribution in [3.63, 3.8) is 0 Å². The number of rotatable bonds is 23. The lowest BCUT2D eigenvalue weighted by molar-refractivity contribution is -0.0442. The van der Waals surface area contributed by atoms with Crippen molar-refractivity contribution in [1.82, 2.24) is 14.6 Å². The molecule has 0 aliphatic carbocycles. The minimum Gasteiger partial charge on any atom is -0.382 e. The summed E-state index contributed by atoms with van der Waals surface area (Å²) in [4.78, 5) is 14.1. The van der Waals surface area contributed by atoms with Gasteiger partial charge in [-0.05, 0) is 38.3 Å². The zero-order valence-corrected chi connectivity index (χ0v) is 24.8.